The molecule has 0 bridgehead atoms. The highest BCUT2D eigenvalue weighted by atomic mass is 127. The molecule has 0 heterocycles. The van der Waals surface area contributed by atoms with E-state index < -0.39 is 0 Å². The van der Waals surface area contributed by atoms with Gasteiger partial charge >= 0.3 is 21.2 Å². The van der Waals surface area contributed by atoms with Gasteiger partial charge in [-0.1, -0.05) is 24.3 Å². The maximum atomic E-state index is 5.15. The molecule has 34 heavy (non-hydrogen) atoms. The van der Waals surface area contributed by atoms with Crippen molar-refractivity contribution >= 4 is 0 Å². The highest BCUT2D eigenvalue weighted by Gasteiger charge is 2.15. The Labute approximate surface area is 222 Å². The third-order valence-electron chi connectivity index (χ3n) is 4.83. The van der Waals surface area contributed by atoms with Crippen molar-refractivity contribution in [3.05, 3.63) is 104 Å². The molecule has 0 aliphatic heterocycles. The standard InChI is InChI=1S/C14H14IO2.C14H14O2.BrH/c1-16-13-7-3-11(4-8-13)15-12-5-9-14(17-2)10-6-12;1-15-13-7-3-11(4-8-13)12-5-9-14(16-2)10-6-12;/h3-10H,1-2H3;3-10H,1-2H3;1H/q+1;;/p-1. The largest absolute Gasteiger partial charge is 1.00 e. The molecular weight excluding hydrogens is 607 g/mol. The summed E-state index contributed by atoms with van der Waals surface area (Å²) in [6.45, 7) is 0. The van der Waals surface area contributed by atoms with E-state index in [-0.39, 0.29) is 38.2 Å². The Balaban J connectivity index is 0.000000234. The molecule has 0 N–H and O–H groups in total. The van der Waals surface area contributed by atoms with Crippen LogP contribution in [0, 0.1) is 7.14 Å². The van der Waals surface area contributed by atoms with Gasteiger partial charge in [-0.25, -0.2) is 0 Å². The summed E-state index contributed by atoms with van der Waals surface area (Å²) in [5.74, 6) is 3.56. The van der Waals surface area contributed by atoms with E-state index >= 15 is 0 Å². The Hall–Kier alpha value is -2.71. The predicted molar refractivity (Wildman–Crippen MR) is 128 cm³/mol. The van der Waals surface area contributed by atoms with Crippen LogP contribution in [0.3, 0.4) is 0 Å². The van der Waals surface area contributed by atoms with Gasteiger partial charge in [0, 0.05) is 0 Å². The minimum Gasteiger partial charge on any atom is -1.00 e. The molecule has 0 amide bonds. The minimum atomic E-state index is -0.119. The first kappa shape index (κ1) is 27.5. The van der Waals surface area contributed by atoms with Crippen LogP contribution >= 0.6 is 0 Å². The maximum absolute atomic E-state index is 5.15. The van der Waals surface area contributed by atoms with Crippen LogP contribution in [-0.4, -0.2) is 28.4 Å². The van der Waals surface area contributed by atoms with Gasteiger partial charge in [-0.05, 0) is 83.9 Å². The molecule has 0 aromatic heterocycles. The van der Waals surface area contributed by atoms with Crippen molar-refractivity contribution in [3.8, 4) is 34.1 Å². The monoisotopic (exact) mass is 634 g/mol. The number of methoxy groups -OCH3 is 4. The summed E-state index contributed by atoms with van der Waals surface area (Å²) < 4.78 is 23.3. The van der Waals surface area contributed by atoms with E-state index in [0.717, 1.165) is 23.0 Å². The van der Waals surface area contributed by atoms with Gasteiger partial charge in [-0.3, -0.25) is 0 Å². The van der Waals surface area contributed by atoms with Crippen LogP contribution in [0.25, 0.3) is 11.1 Å². The fourth-order valence-corrected chi connectivity index (χ4v) is 5.12. The molecule has 4 aromatic rings. The summed E-state index contributed by atoms with van der Waals surface area (Å²) in [4.78, 5) is 0. The number of hydrogen-bond donors (Lipinski definition) is 0. The van der Waals surface area contributed by atoms with E-state index in [1.165, 1.54) is 18.3 Å². The molecule has 0 radical (unpaired) electrons. The van der Waals surface area contributed by atoms with Crippen LogP contribution in [-0.2, 0) is 0 Å². The van der Waals surface area contributed by atoms with Gasteiger partial charge < -0.3 is 35.9 Å². The van der Waals surface area contributed by atoms with Crippen molar-refractivity contribution in [3.63, 3.8) is 0 Å². The number of hydrogen-bond acceptors (Lipinski definition) is 4. The van der Waals surface area contributed by atoms with Crippen molar-refractivity contribution in [1.82, 2.24) is 0 Å². The molecule has 0 atom stereocenters. The zero-order chi connectivity index (χ0) is 23.5. The summed E-state index contributed by atoms with van der Waals surface area (Å²) in [5, 5.41) is 0. The molecule has 4 rings (SSSR count). The van der Waals surface area contributed by atoms with Crippen molar-refractivity contribution in [2.75, 3.05) is 28.4 Å². The first-order chi connectivity index (χ1) is 16.1. The summed E-state index contributed by atoms with van der Waals surface area (Å²) in [6.07, 6.45) is 0. The van der Waals surface area contributed by atoms with E-state index in [1.807, 2.05) is 72.8 Å². The number of rotatable bonds is 7. The van der Waals surface area contributed by atoms with Crippen LogP contribution in [0.4, 0.5) is 0 Å². The van der Waals surface area contributed by atoms with Crippen LogP contribution in [0.1, 0.15) is 0 Å². The predicted octanol–water partition coefficient (Wildman–Crippen LogP) is 0.207. The quantitative estimate of drug-likeness (QED) is 0.273. The van der Waals surface area contributed by atoms with Crippen molar-refractivity contribution in [2.24, 2.45) is 0 Å². The normalized spacial score (nSPS) is 9.65. The maximum Gasteiger partial charge on any atom is 0.357 e. The summed E-state index contributed by atoms with van der Waals surface area (Å²) in [5.41, 5.74) is 2.34. The van der Waals surface area contributed by atoms with Crippen LogP contribution in [0.5, 0.6) is 23.0 Å². The summed E-state index contributed by atoms with van der Waals surface area (Å²) in [6, 6.07) is 32.6. The SMILES string of the molecule is COc1ccc(-c2ccc(OC)cc2)cc1.COc1ccc([I+]c2ccc(OC)cc2)cc1.[Br-]. The van der Waals surface area contributed by atoms with E-state index in [2.05, 4.69) is 24.3 Å². The minimum absolute atomic E-state index is 0. The molecule has 0 spiro atoms. The van der Waals surface area contributed by atoms with E-state index in [4.69, 9.17) is 18.9 Å². The van der Waals surface area contributed by atoms with Crippen molar-refractivity contribution in [2.45, 2.75) is 0 Å². The molecule has 0 aliphatic rings. The van der Waals surface area contributed by atoms with Gasteiger partial charge in [-0.2, -0.15) is 0 Å². The Kier molecular flexibility index (Phi) is 11.8. The highest BCUT2D eigenvalue weighted by molar-refractivity contribution is 5.64. The fourth-order valence-electron chi connectivity index (χ4n) is 2.96. The van der Waals surface area contributed by atoms with E-state index in [1.54, 1.807) is 28.4 Å². The first-order valence-corrected chi connectivity index (χ1v) is 12.5. The highest BCUT2D eigenvalue weighted by Crippen LogP contribution is 2.24. The molecule has 0 fully saturated rings. The number of benzene rings is 4. The molecule has 178 valence electrons. The summed E-state index contributed by atoms with van der Waals surface area (Å²) in [7, 11) is 6.71. The Morgan fingerprint density at radius 3 is 0.853 bits per heavy atom. The molecule has 4 aromatic carbocycles. The summed E-state index contributed by atoms with van der Waals surface area (Å²) >= 11 is -0.119. The molecule has 0 aliphatic carbocycles. The van der Waals surface area contributed by atoms with Crippen LogP contribution in [0.2, 0.25) is 0 Å². The smallest absolute Gasteiger partial charge is 0.357 e. The van der Waals surface area contributed by atoms with Crippen LogP contribution < -0.4 is 57.1 Å². The van der Waals surface area contributed by atoms with Gasteiger partial charge in [0.1, 0.15) is 23.0 Å². The number of ether oxygens (including phenoxy) is 4. The molecular formula is C28H28BrIO4. The average molecular weight is 635 g/mol. The van der Waals surface area contributed by atoms with Gasteiger partial charge in [0.25, 0.3) is 0 Å². The second-order valence-electron chi connectivity index (χ2n) is 6.87. The van der Waals surface area contributed by atoms with Gasteiger partial charge in [-0.15, -0.1) is 0 Å². The van der Waals surface area contributed by atoms with Crippen molar-refractivity contribution < 1.29 is 57.1 Å². The zero-order valence-electron chi connectivity index (χ0n) is 19.6. The Bertz CT molecular complexity index is 1010. The second kappa shape index (κ2) is 14.5. The Morgan fingerprint density at radius 1 is 0.382 bits per heavy atom. The zero-order valence-corrected chi connectivity index (χ0v) is 23.4. The van der Waals surface area contributed by atoms with Crippen molar-refractivity contribution in [1.29, 1.82) is 0 Å². The molecule has 0 saturated carbocycles. The lowest BCUT2D eigenvalue weighted by molar-refractivity contribution is -0.597. The lowest BCUT2D eigenvalue weighted by Crippen LogP contribution is -3.61. The van der Waals surface area contributed by atoms with E-state index in [0.29, 0.717) is 0 Å². The first-order valence-electron chi connectivity index (χ1n) is 10.4. The third kappa shape index (κ3) is 8.25. The topological polar surface area (TPSA) is 36.9 Å². The lowest BCUT2D eigenvalue weighted by Gasteiger charge is -2.05. The lowest BCUT2D eigenvalue weighted by atomic mass is 10.1. The van der Waals surface area contributed by atoms with Crippen LogP contribution in [0.15, 0.2) is 97.1 Å². The fraction of sp³-hybridized carbons (Fsp3) is 0.143. The number of halogens is 2. The molecule has 6 heteroatoms. The molecule has 0 unspecified atom stereocenters. The van der Waals surface area contributed by atoms with Gasteiger partial charge in [0.05, 0.1) is 28.4 Å². The molecule has 0 saturated heterocycles. The van der Waals surface area contributed by atoms with Gasteiger partial charge in [0.2, 0.25) is 0 Å². The van der Waals surface area contributed by atoms with E-state index in [9.17, 15) is 0 Å². The Morgan fingerprint density at radius 2 is 0.618 bits per heavy atom. The second-order valence-corrected chi connectivity index (χ2v) is 9.90. The third-order valence-corrected chi connectivity index (χ3v) is 7.51. The van der Waals surface area contributed by atoms with Gasteiger partial charge in [0.15, 0.2) is 7.14 Å². The average Bonchev–Trinajstić information content (AvgIpc) is 2.90. The molecule has 4 nitrogen and oxygen atoms in total.